The zero-order valence-corrected chi connectivity index (χ0v) is 9.41. The summed E-state index contributed by atoms with van der Waals surface area (Å²) in [6.07, 6.45) is -3.21. The summed E-state index contributed by atoms with van der Waals surface area (Å²) in [5.41, 5.74) is 0. The van der Waals surface area contributed by atoms with E-state index >= 15 is 0 Å². The summed E-state index contributed by atoms with van der Waals surface area (Å²) in [4.78, 5) is 3.85. The van der Waals surface area contributed by atoms with E-state index in [1.165, 1.54) is 18.1 Å². The summed E-state index contributed by atoms with van der Waals surface area (Å²) in [5.74, 6) is 0.340. The highest BCUT2D eigenvalue weighted by Gasteiger charge is 2.39. The van der Waals surface area contributed by atoms with Crippen LogP contribution in [0, 0.1) is 0 Å². The first-order valence-corrected chi connectivity index (χ1v) is 4.98. The minimum atomic E-state index is -4.28. The monoisotopic (exact) mass is 236 g/mol. The highest BCUT2D eigenvalue weighted by Crippen LogP contribution is 2.22. The van der Waals surface area contributed by atoms with E-state index in [2.05, 4.69) is 15.4 Å². The second-order valence-corrected chi connectivity index (χ2v) is 3.80. The highest BCUT2D eigenvalue weighted by molar-refractivity contribution is 4.93. The van der Waals surface area contributed by atoms with Gasteiger partial charge in [0, 0.05) is 12.5 Å². The smallest absolute Gasteiger partial charge is 0.309 e. The molecule has 0 radical (unpaired) electrons. The average molecular weight is 236 g/mol. The molecule has 0 aliphatic carbocycles. The molecule has 1 unspecified atom stereocenters. The van der Waals surface area contributed by atoms with Crippen LogP contribution in [0.25, 0.3) is 0 Å². The molecule has 4 nitrogen and oxygen atoms in total. The van der Waals surface area contributed by atoms with E-state index in [0.717, 1.165) is 0 Å². The van der Waals surface area contributed by atoms with Crippen molar-refractivity contribution in [3.8, 4) is 0 Å². The second kappa shape index (κ2) is 4.82. The minimum absolute atomic E-state index is 0.00300. The summed E-state index contributed by atoms with van der Waals surface area (Å²) < 4.78 is 39.1. The maximum absolute atomic E-state index is 12.5. The summed E-state index contributed by atoms with van der Waals surface area (Å²) in [7, 11) is 1.29. The number of alkyl halides is 3. The predicted octanol–water partition coefficient (Wildman–Crippen LogP) is 1.55. The van der Waals surface area contributed by atoms with Gasteiger partial charge in [-0.15, -0.1) is 0 Å². The van der Waals surface area contributed by atoms with E-state index in [0.29, 0.717) is 5.82 Å². The summed E-state index contributed by atoms with van der Waals surface area (Å²) >= 11 is 0. The van der Waals surface area contributed by atoms with Gasteiger partial charge in [0.25, 0.3) is 0 Å². The SMILES string of the molecule is CNC(Cc1ncnn1C(C)C)C(F)(F)F. The Morgan fingerprint density at radius 3 is 2.50 bits per heavy atom. The minimum Gasteiger partial charge on any atom is -0.309 e. The molecule has 1 rings (SSSR count). The van der Waals surface area contributed by atoms with Crippen LogP contribution in [0.15, 0.2) is 6.33 Å². The van der Waals surface area contributed by atoms with Crippen molar-refractivity contribution in [1.29, 1.82) is 0 Å². The van der Waals surface area contributed by atoms with E-state index in [1.54, 1.807) is 0 Å². The van der Waals surface area contributed by atoms with Gasteiger partial charge in [-0.25, -0.2) is 9.67 Å². The lowest BCUT2D eigenvalue weighted by atomic mass is 10.2. The van der Waals surface area contributed by atoms with E-state index in [9.17, 15) is 13.2 Å². The first kappa shape index (κ1) is 13.0. The summed E-state index contributed by atoms with van der Waals surface area (Å²) in [6, 6.07) is -1.59. The molecule has 1 heterocycles. The Bertz CT molecular complexity index is 332. The number of aromatic nitrogens is 3. The molecule has 0 aliphatic heterocycles. The molecule has 0 aliphatic rings. The molecule has 16 heavy (non-hydrogen) atoms. The highest BCUT2D eigenvalue weighted by atomic mass is 19.4. The standard InChI is InChI=1S/C9H15F3N4/c1-6(2)16-8(14-5-15-16)4-7(13-3)9(10,11)12/h5-7,13H,4H2,1-3H3. The van der Waals surface area contributed by atoms with E-state index < -0.39 is 12.2 Å². The van der Waals surface area contributed by atoms with Gasteiger partial charge < -0.3 is 5.32 Å². The van der Waals surface area contributed by atoms with Gasteiger partial charge in [-0.05, 0) is 20.9 Å². The molecule has 1 N–H and O–H groups in total. The van der Waals surface area contributed by atoms with Crippen molar-refractivity contribution < 1.29 is 13.2 Å². The van der Waals surface area contributed by atoms with Gasteiger partial charge in [0.05, 0.1) is 0 Å². The molecule has 1 aromatic rings. The quantitative estimate of drug-likeness (QED) is 0.862. The van der Waals surface area contributed by atoms with Gasteiger partial charge in [-0.3, -0.25) is 0 Å². The predicted molar refractivity (Wildman–Crippen MR) is 53.0 cm³/mol. The molecule has 0 aromatic carbocycles. The van der Waals surface area contributed by atoms with Crippen molar-refractivity contribution in [2.45, 2.75) is 38.5 Å². The van der Waals surface area contributed by atoms with Crippen molar-refractivity contribution in [1.82, 2.24) is 20.1 Å². The van der Waals surface area contributed by atoms with Gasteiger partial charge >= 0.3 is 6.18 Å². The molecule has 0 saturated carbocycles. The molecule has 1 aromatic heterocycles. The first-order valence-electron chi connectivity index (χ1n) is 4.98. The van der Waals surface area contributed by atoms with Crippen LogP contribution >= 0.6 is 0 Å². The Balaban J connectivity index is 2.82. The summed E-state index contributed by atoms with van der Waals surface area (Å²) in [5, 5.41) is 6.14. The third kappa shape index (κ3) is 2.94. The van der Waals surface area contributed by atoms with Crippen LogP contribution in [0.1, 0.15) is 25.7 Å². The van der Waals surface area contributed by atoms with Crippen LogP contribution in [-0.2, 0) is 6.42 Å². The van der Waals surface area contributed by atoms with Crippen molar-refractivity contribution >= 4 is 0 Å². The Morgan fingerprint density at radius 2 is 2.06 bits per heavy atom. The van der Waals surface area contributed by atoms with Crippen molar-refractivity contribution in [3.63, 3.8) is 0 Å². The van der Waals surface area contributed by atoms with Crippen LogP contribution in [0.2, 0.25) is 0 Å². The molecule has 0 spiro atoms. The number of halogens is 3. The lowest BCUT2D eigenvalue weighted by molar-refractivity contribution is -0.154. The molecule has 0 fully saturated rings. The van der Waals surface area contributed by atoms with Crippen LogP contribution in [0.5, 0.6) is 0 Å². The van der Waals surface area contributed by atoms with E-state index in [1.807, 2.05) is 13.8 Å². The first-order chi connectivity index (χ1) is 7.36. The maximum atomic E-state index is 12.5. The Kier molecular flexibility index (Phi) is 3.90. The molecule has 0 bridgehead atoms. The molecular weight excluding hydrogens is 221 g/mol. The van der Waals surface area contributed by atoms with Crippen molar-refractivity contribution in [3.05, 3.63) is 12.2 Å². The lowest BCUT2D eigenvalue weighted by Gasteiger charge is -2.19. The fourth-order valence-corrected chi connectivity index (χ4v) is 1.42. The number of nitrogens with one attached hydrogen (secondary N) is 1. The van der Waals surface area contributed by atoms with Crippen LogP contribution in [-0.4, -0.2) is 34.0 Å². The Hall–Kier alpha value is -1.11. The maximum Gasteiger partial charge on any atom is 0.404 e. The van der Waals surface area contributed by atoms with E-state index in [4.69, 9.17) is 0 Å². The van der Waals surface area contributed by atoms with E-state index in [-0.39, 0.29) is 12.5 Å². The topological polar surface area (TPSA) is 42.7 Å². The lowest BCUT2D eigenvalue weighted by Crippen LogP contribution is -2.42. The second-order valence-electron chi connectivity index (χ2n) is 3.80. The van der Waals surface area contributed by atoms with Crippen LogP contribution in [0.4, 0.5) is 13.2 Å². The van der Waals surface area contributed by atoms with Gasteiger partial charge in [0.15, 0.2) is 0 Å². The van der Waals surface area contributed by atoms with Crippen molar-refractivity contribution in [2.75, 3.05) is 7.05 Å². The van der Waals surface area contributed by atoms with Crippen LogP contribution < -0.4 is 5.32 Å². The number of hydrogen-bond donors (Lipinski definition) is 1. The van der Waals surface area contributed by atoms with Crippen LogP contribution in [0.3, 0.4) is 0 Å². The Labute approximate surface area is 91.9 Å². The number of hydrogen-bond acceptors (Lipinski definition) is 3. The normalized spacial score (nSPS) is 14.4. The fourth-order valence-electron chi connectivity index (χ4n) is 1.42. The number of nitrogens with zero attached hydrogens (tertiary/aromatic N) is 3. The molecule has 0 saturated heterocycles. The van der Waals surface area contributed by atoms with Gasteiger partial charge in [0.1, 0.15) is 18.2 Å². The third-order valence-corrected chi connectivity index (χ3v) is 2.27. The number of rotatable bonds is 4. The van der Waals surface area contributed by atoms with Gasteiger partial charge in [-0.2, -0.15) is 18.3 Å². The average Bonchev–Trinajstić information content (AvgIpc) is 2.59. The zero-order valence-electron chi connectivity index (χ0n) is 9.41. The fraction of sp³-hybridized carbons (Fsp3) is 0.778. The van der Waals surface area contributed by atoms with Gasteiger partial charge in [-0.1, -0.05) is 0 Å². The molecule has 1 atom stereocenters. The largest absolute Gasteiger partial charge is 0.404 e. The zero-order chi connectivity index (χ0) is 12.3. The molecule has 7 heteroatoms. The molecule has 0 amide bonds. The third-order valence-electron chi connectivity index (χ3n) is 2.27. The van der Waals surface area contributed by atoms with Crippen molar-refractivity contribution in [2.24, 2.45) is 0 Å². The number of likely N-dealkylation sites (N-methyl/N-ethyl adjacent to an activating group) is 1. The van der Waals surface area contributed by atoms with Gasteiger partial charge in [0.2, 0.25) is 0 Å². The molecule has 92 valence electrons. The molecular formula is C9H15F3N4. The Morgan fingerprint density at radius 1 is 1.44 bits per heavy atom. The summed E-state index contributed by atoms with van der Waals surface area (Å²) in [6.45, 7) is 3.69.